The van der Waals surface area contributed by atoms with E-state index in [1.165, 1.54) is 12.1 Å². The molecule has 0 radical (unpaired) electrons. The number of thiazole rings is 1. The van der Waals surface area contributed by atoms with Gasteiger partial charge in [0.15, 0.2) is 5.13 Å². The average molecular weight is 344 g/mol. The number of carbonyl (C=O) groups excluding carboxylic acids is 1. The van der Waals surface area contributed by atoms with E-state index in [4.69, 9.17) is 4.74 Å². The molecule has 0 fully saturated rings. The molecule has 1 aromatic carbocycles. The van der Waals surface area contributed by atoms with Crippen molar-refractivity contribution in [2.45, 2.75) is 18.2 Å². The van der Waals surface area contributed by atoms with E-state index in [0.29, 0.717) is 5.69 Å². The zero-order valence-corrected chi connectivity index (χ0v) is 13.2. The maximum Gasteiger partial charge on any atom is 0.311 e. The summed E-state index contributed by atoms with van der Waals surface area (Å²) in [5, 5.41) is 1.66. The number of nitrogens with one attached hydrogen (secondary N) is 1. The van der Waals surface area contributed by atoms with Crippen LogP contribution < -0.4 is 4.72 Å². The molecule has 0 aliphatic heterocycles. The minimum absolute atomic E-state index is 0.0357. The fourth-order valence-corrected chi connectivity index (χ4v) is 3.60. The lowest BCUT2D eigenvalue weighted by Crippen LogP contribution is -2.13. The fraction of sp³-hybridized carbons (Fsp3) is 0.231. The van der Waals surface area contributed by atoms with Crippen LogP contribution in [0.5, 0.6) is 0 Å². The number of halogens is 1. The maximum absolute atomic E-state index is 13.1. The molecule has 0 unspecified atom stereocenters. The van der Waals surface area contributed by atoms with E-state index in [1.54, 1.807) is 12.3 Å². The van der Waals surface area contributed by atoms with Crippen LogP contribution in [0.2, 0.25) is 0 Å². The number of benzene rings is 1. The van der Waals surface area contributed by atoms with Gasteiger partial charge in [0.05, 0.1) is 23.6 Å². The molecule has 1 N–H and O–H groups in total. The molecule has 1 aromatic heterocycles. The number of aromatic nitrogens is 1. The van der Waals surface area contributed by atoms with Crippen molar-refractivity contribution in [3.05, 3.63) is 41.2 Å². The van der Waals surface area contributed by atoms with Crippen LogP contribution in [-0.2, 0) is 26.0 Å². The fourth-order valence-electron chi connectivity index (χ4n) is 1.60. The first kappa shape index (κ1) is 16.4. The van der Waals surface area contributed by atoms with E-state index in [-0.39, 0.29) is 23.1 Å². The number of hydrogen-bond donors (Lipinski definition) is 1. The van der Waals surface area contributed by atoms with Gasteiger partial charge in [-0.2, -0.15) is 0 Å². The Morgan fingerprint density at radius 3 is 2.91 bits per heavy atom. The minimum Gasteiger partial charge on any atom is -0.466 e. The molecule has 0 saturated carbocycles. The van der Waals surface area contributed by atoms with Gasteiger partial charge in [-0.25, -0.2) is 17.8 Å². The summed E-state index contributed by atoms with van der Waals surface area (Å²) in [7, 11) is -3.92. The van der Waals surface area contributed by atoms with Gasteiger partial charge in [-0.1, -0.05) is 6.07 Å². The molecule has 0 aliphatic carbocycles. The Morgan fingerprint density at radius 2 is 2.23 bits per heavy atom. The molecule has 0 aliphatic rings. The summed E-state index contributed by atoms with van der Waals surface area (Å²) in [6.07, 6.45) is -0.0357. The van der Waals surface area contributed by atoms with Crippen molar-refractivity contribution in [3.63, 3.8) is 0 Å². The summed E-state index contributed by atoms with van der Waals surface area (Å²) in [5.41, 5.74) is 0.403. The van der Waals surface area contributed by atoms with Crippen LogP contribution in [0.25, 0.3) is 0 Å². The Balaban J connectivity index is 2.11. The molecule has 0 saturated heterocycles. The number of ether oxygens (including phenoxy) is 1. The third-order valence-electron chi connectivity index (χ3n) is 2.51. The van der Waals surface area contributed by atoms with E-state index in [2.05, 4.69) is 9.71 Å². The summed E-state index contributed by atoms with van der Waals surface area (Å²) < 4.78 is 44.3. The Kier molecular flexibility index (Phi) is 5.09. The molecular weight excluding hydrogens is 331 g/mol. The highest BCUT2D eigenvalue weighted by Gasteiger charge is 2.17. The Bertz CT molecular complexity index is 774. The molecule has 0 bridgehead atoms. The van der Waals surface area contributed by atoms with Gasteiger partial charge in [-0.3, -0.25) is 9.52 Å². The smallest absolute Gasteiger partial charge is 0.311 e. The number of nitrogens with zero attached hydrogens (tertiary/aromatic N) is 1. The van der Waals surface area contributed by atoms with Gasteiger partial charge in [-0.05, 0) is 25.1 Å². The largest absolute Gasteiger partial charge is 0.466 e. The third-order valence-corrected chi connectivity index (χ3v) is 4.78. The van der Waals surface area contributed by atoms with E-state index in [9.17, 15) is 17.6 Å². The maximum atomic E-state index is 13.1. The van der Waals surface area contributed by atoms with Gasteiger partial charge < -0.3 is 4.74 Å². The molecule has 2 rings (SSSR count). The first-order chi connectivity index (χ1) is 10.4. The summed E-state index contributed by atoms with van der Waals surface area (Å²) in [6, 6.07) is 4.64. The predicted octanol–water partition coefficient (Wildman–Crippen LogP) is 2.19. The van der Waals surface area contributed by atoms with Crippen LogP contribution >= 0.6 is 11.3 Å². The van der Waals surface area contributed by atoms with Crippen LogP contribution in [0.15, 0.2) is 34.5 Å². The monoisotopic (exact) mass is 344 g/mol. The SMILES string of the molecule is CCOC(=O)Cc1csc(NS(=O)(=O)c2cccc(F)c2)n1. The van der Waals surface area contributed by atoms with Crippen molar-refractivity contribution in [2.24, 2.45) is 0 Å². The molecule has 0 spiro atoms. The molecule has 22 heavy (non-hydrogen) atoms. The van der Waals surface area contributed by atoms with Gasteiger partial charge in [0.2, 0.25) is 0 Å². The van der Waals surface area contributed by atoms with Crippen LogP contribution in [-0.4, -0.2) is 26.0 Å². The summed E-state index contributed by atoms with van der Waals surface area (Å²) in [4.78, 5) is 15.1. The van der Waals surface area contributed by atoms with E-state index >= 15 is 0 Å². The summed E-state index contributed by atoms with van der Waals surface area (Å²) in [6.45, 7) is 1.96. The second kappa shape index (κ2) is 6.84. The third kappa shape index (κ3) is 4.25. The average Bonchev–Trinajstić information content (AvgIpc) is 2.85. The first-order valence-corrected chi connectivity index (χ1v) is 8.65. The van der Waals surface area contributed by atoms with Crippen molar-refractivity contribution < 1.29 is 22.3 Å². The molecule has 0 amide bonds. The van der Waals surface area contributed by atoms with Crippen LogP contribution in [0.3, 0.4) is 0 Å². The molecule has 0 atom stereocenters. The Hall–Kier alpha value is -2.00. The zero-order valence-electron chi connectivity index (χ0n) is 11.6. The van der Waals surface area contributed by atoms with Gasteiger partial charge in [0.1, 0.15) is 5.82 Å². The number of esters is 1. The van der Waals surface area contributed by atoms with E-state index < -0.39 is 21.8 Å². The summed E-state index contributed by atoms with van der Waals surface area (Å²) >= 11 is 1.03. The van der Waals surface area contributed by atoms with Gasteiger partial charge in [0, 0.05) is 5.38 Å². The molecular formula is C13H13FN2O4S2. The number of carbonyl (C=O) groups is 1. The number of hydrogen-bond acceptors (Lipinski definition) is 6. The Labute approximate surface area is 131 Å². The van der Waals surface area contributed by atoms with Crippen molar-refractivity contribution in [2.75, 3.05) is 11.3 Å². The highest BCUT2D eigenvalue weighted by molar-refractivity contribution is 7.93. The topological polar surface area (TPSA) is 85.4 Å². The molecule has 118 valence electrons. The standard InChI is InChI=1S/C13H13FN2O4S2/c1-2-20-12(17)7-10-8-21-13(15-10)16-22(18,19)11-5-3-4-9(14)6-11/h3-6,8H,2,7H2,1H3,(H,15,16). The lowest BCUT2D eigenvalue weighted by Gasteiger charge is -2.04. The van der Waals surface area contributed by atoms with E-state index in [0.717, 1.165) is 23.5 Å². The highest BCUT2D eigenvalue weighted by atomic mass is 32.2. The van der Waals surface area contributed by atoms with Crippen molar-refractivity contribution >= 4 is 32.5 Å². The Morgan fingerprint density at radius 1 is 1.45 bits per heavy atom. The van der Waals surface area contributed by atoms with Crippen LogP contribution in [0.1, 0.15) is 12.6 Å². The normalized spacial score (nSPS) is 11.2. The van der Waals surface area contributed by atoms with Crippen molar-refractivity contribution in [3.8, 4) is 0 Å². The van der Waals surface area contributed by atoms with Crippen molar-refractivity contribution in [1.29, 1.82) is 0 Å². The summed E-state index contributed by atoms with van der Waals surface area (Å²) in [5.74, 6) is -1.09. The number of sulfonamides is 1. The highest BCUT2D eigenvalue weighted by Crippen LogP contribution is 2.21. The molecule has 2 aromatic rings. The van der Waals surface area contributed by atoms with E-state index in [1.807, 2.05) is 0 Å². The predicted molar refractivity (Wildman–Crippen MR) is 79.7 cm³/mol. The lowest BCUT2D eigenvalue weighted by molar-refractivity contribution is -0.142. The van der Waals surface area contributed by atoms with Crippen LogP contribution in [0.4, 0.5) is 9.52 Å². The number of anilines is 1. The lowest BCUT2D eigenvalue weighted by atomic mass is 10.3. The minimum atomic E-state index is -3.92. The van der Waals surface area contributed by atoms with Crippen LogP contribution in [0, 0.1) is 5.82 Å². The second-order valence-electron chi connectivity index (χ2n) is 4.19. The molecule has 1 heterocycles. The van der Waals surface area contributed by atoms with Crippen molar-refractivity contribution in [1.82, 2.24) is 4.98 Å². The molecule has 9 heteroatoms. The van der Waals surface area contributed by atoms with Gasteiger partial charge in [-0.15, -0.1) is 11.3 Å². The first-order valence-electron chi connectivity index (χ1n) is 6.29. The van der Waals surface area contributed by atoms with Gasteiger partial charge >= 0.3 is 5.97 Å². The zero-order chi connectivity index (χ0) is 16.2. The van der Waals surface area contributed by atoms with Gasteiger partial charge in [0.25, 0.3) is 10.0 Å². The number of rotatable bonds is 6. The quantitative estimate of drug-likeness (QED) is 0.812. The molecule has 6 nitrogen and oxygen atoms in total. The second-order valence-corrected chi connectivity index (χ2v) is 6.73.